The number of benzene rings is 2. The van der Waals surface area contributed by atoms with Crippen molar-refractivity contribution >= 4 is 29.2 Å². The number of nitrogens with zero attached hydrogens (tertiary/aromatic N) is 2. The van der Waals surface area contributed by atoms with Gasteiger partial charge in [0.15, 0.2) is 5.75 Å². The van der Waals surface area contributed by atoms with E-state index >= 15 is 0 Å². The molecule has 0 aliphatic rings. The van der Waals surface area contributed by atoms with Gasteiger partial charge in [0, 0.05) is 5.56 Å². The van der Waals surface area contributed by atoms with E-state index in [-0.39, 0.29) is 19.1 Å². The molecule has 28 heavy (non-hydrogen) atoms. The molecule has 0 spiro atoms. The number of carbonyl (C=O) groups is 1. The van der Waals surface area contributed by atoms with Crippen LogP contribution in [-0.4, -0.2) is 29.0 Å². The first-order chi connectivity index (χ1) is 13.4. The molecule has 1 aromatic heterocycles. The molecule has 1 heterocycles. The van der Waals surface area contributed by atoms with E-state index < -0.39 is 24.1 Å². The number of aromatic nitrogens is 2. The third kappa shape index (κ3) is 4.90. The molecule has 0 atom stereocenters. The fourth-order valence-corrected chi connectivity index (χ4v) is 2.71. The van der Waals surface area contributed by atoms with Crippen LogP contribution >= 0.6 is 23.2 Å². The second-order valence-corrected chi connectivity index (χ2v) is 6.27. The highest BCUT2D eigenvalue weighted by atomic mass is 35.5. The number of esters is 1. The first-order valence-corrected chi connectivity index (χ1v) is 8.76. The van der Waals surface area contributed by atoms with Gasteiger partial charge < -0.3 is 13.9 Å². The van der Waals surface area contributed by atoms with Crippen molar-refractivity contribution in [1.82, 2.24) is 9.78 Å². The molecule has 0 radical (unpaired) electrons. The minimum atomic E-state index is -0.838. The molecule has 146 valence electrons. The number of rotatable bonds is 7. The zero-order valence-electron chi connectivity index (χ0n) is 14.2. The predicted molar refractivity (Wildman–Crippen MR) is 99.1 cm³/mol. The largest absolute Gasteiger partial charge is 0.487 e. The molecule has 0 saturated heterocycles. The van der Waals surface area contributed by atoms with Gasteiger partial charge in [-0.2, -0.15) is 4.68 Å². The molecule has 0 bridgehead atoms. The van der Waals surface area contributed by atoms with Gasteiger partial charge in [0.2, 0.25) is 5.89 Å². The summed E-state index contributed by atoms with van der Waals surface area (Å²) in [6.45, 7) is -0.516. The van der Waals surface area contributed by atoms with Gasteiger partial charge in [0.25, 0.3) is 0 Å². The molecule has 7 nitrogen and oxygen atoms in total. The van der Waals surface area contributed by atoms with E-state index in [1.54, 1.807) is 18.2 Å². The van der Waals surface area contributed by atoms with Crippen LogP contribution in [0.25, 0.3) is 11.5 Å². The van der Waals surface area contributed by atoms with Crippen molar-refractivity contribution in [3.63, 3.8) is 0 Å². The lowest BCUT2D eigenvalue weighted by molar-refractivity contribution is -0.145. The van der Waals surface area contributed by atoms with E-state index in [0.29, 0.717) is 21.4 Å². The Morgan fingerprint density at radius 3 is 2.46 bits per heavy atom. The second kappa shape index (κ2) is 8.90. The van der Waals surface area contributed by atoms with E-state index in [1.807, 2.05) is 0 Å². The molecule has 10 heteroatoms. The molecule has 0 N–H and O–H groups in total. The lowest BCUT2D eigenvalue weighted by Crippen LogP contribution is -2.24. The van der Waals surface area contributed by atoms with Crippen molar-refractivity contribution in [3.05, 3.63) is 68.9 Å². The molecule has 0 aliphatic carbocycles. The van der Waals surface area contributed by atoms with E-state index in [1.165, 1.54) is 24.3 Å². The summed E-state index contributed by atoms with van der Waals surface area (Å²) in [7, 11) is 0. The highest BCUT2D eigenvalue weighted by molar-refractivity contribution is 6.37. The average Bonchev–Trinajstić information content (AvgIpc) is 3.01. The van der Waals surface area contributed by atoms with Crippen LogP contribution in [0.1, 0.15) is 0 Å². The van der Waals surface area contributed by atoms with Gasteiger partial charge in [0.05, 0.1) is 10.0 Å². The molecule has 0 amide bonds. The van der Waals surface area contributed by atoms with Crippen LogP contribution in [0.2, 0.25) is 10.0 Å². The number of hydrogen-bond donors (Lipinski definition) is 0. The Kier molecular flexibility index (Phi) is 6.33. The van der Waals surface area contributed by atoms with Crippen LogP contribution in [-0.2, 0) is 16.1 Å². The van der Waals surface area contributed by atoms with E-state index in [0.717, 1.165) is 4.68 Å². The fraction of sp³-hybridized carbons (Fsp3) is 0.167. The van der Waals surface area contributed by atoms with Gasteiger partial charge in [-0.1, -0.05) is 29.3 Å². The maximum absolute atomic E-state index is 13.0. The Balaban J connectivity index is 1.52. The molecule has 3 aromatic rings. The minimum absolute atomic E-state index is 0.0176. The Morgan fingerprint density at radius 1 is 1.11 bits per heavy atom. The Hall–Kier alpha value is -2.84. The summed E-state index contributed by atoms with van der Waals surface area (Å²) in [4.78, 5) is 23.7. The maximum atomic E-state index is 13.0. The van der Waals surface area contributed by atoms with Crippen molar-refractivity contribution in [1.29, 1.82) is 0 Å². The van der Waals surface area contributed by atoms with Crippen molar-refractivity contribution < 1.29 is 23.1 Å². The summed E-state index contributed by atoms with van der Waals surface area (Å²) < 4.78 is 29.1. The Labute approximate surface area is 168 Å². The smallest absolute Gasteiger partial charge is 0.437 e. The summed E-state index contributed by atoms with van der Waals surface area (Å²) in [5.74, 6) is -1.73. The monoisotopic (exact) mass is 426 g/mol. The summed E-state index contributed by atoms with van der Waals surface area (Å²) in [6.07, 6.45) is 0. The number of hydrogen-bond acceptors (Lipinski definition) is 6. The molecule has 0 saturated carbocycles. The molecule has 3 rings (SSSR count). The van der Waals surface area contributed by atoms with Crippen LogP contribution in [0.5, 0.6) is 5.75 Å². The maximum Gasteiger partial charge on any atom is 0.437 e. The summed E-state index contributed by atoms with van der Waals surface area (Å²) in [5, 5.41) is 4.57. The summed E-state index contributed by atoms with van der Waals surface area (Å²) in [6, 6.07) is 10.1. The van der Waals surface area contributed by atoms with Gasteiger partial charge >= 0.3 is 11.7 Å². The first kappa shape index (κ1) is 19.9. The molecule has 2 aromatic carbocycles. The Morgan fingerprint density at radius 2 is 1.79 bits per heavy atom. The van der Waals surface area contributed by atoms with Crippen LogP contribution in [0.4, 0.5) is 4.39 Å². The lowest BCUT2D eigenvalue weighted by atomic mass is 10.2. The van der Waals surface area contributed by atoms with Crippen LogP contribution in [0, 0.1) is 5.82 Å². The van der Waals surface area contributed by atoms with Gasteiger partial charge in [-0.25, -0.2) is 9.18 Å². The molecule has 0 aliphatic heterocycles. The number of halogens is 3. The third-order valence-electron chi connectivity index (χ3n) is 3.49. The molecular weight excluding hydrogens is 414 g/mol. The van der Waals surface area contributed by atoms with Crippen LogP contribution < -0.4 is 10.5 Å². The minimum Gasteiger partial charge on any atom is -0.487 e. The van der Waals surface area contributed by atoms with Crippen molar-refractivity contribution in [2.75, 3.05) is 13.2 Å². The van der Waals surface area contributed by atoms with Gasteiger partial charge in [-0.05, 0) is 36.4 Å². The van der Waals surface area contributed by atoms with E-state index in [9.17, 15) is 14.0 Å². The third-order valence-corrected chi connectivity index (χ3v) is 4.08. The zero-order chi connectivity index (χ0) is 20.1. The van der Waals surface area contributed by atoms with Gasteiger partial charge in [0.1, 0.15) is 25.6 Å². The summed E-state index contributed by atoms with van der Waals surface area (Å²) in [5.41, 5.74) is 0.399. The standard InChI is InChI=1S/C18H13Cl2FN2O5/c19-13-2-1-3-14(20)16(13)27-9-8-26-15(24)10-23-18(25)28-17(22-23)11-4-6-12(21)7-5-11/h1-7H,8-10H2. The van der Waals surface area contributed by atoms with Crippen molar-refractivity contribution in [2.24, 2.45) is 0 Å². The highest BCUT2D eigenvalue weighted by Crippen LogP contribution is 2.32. The number of carbonyl (C=O) groups excluding carboxylic acids is 1. The number of para-hydroxylation sites is 1. The zero-order valence-corrected chi connectivity index (χ0v) is 15.7. The quantitative estimate of drug-likeness (QED) is 0.424. The van der Waals surface area contributed by atoms with Crippen LogP contribution in [0.3, 0.4) is 0 Å². The van der Waals surface area contributed by atoms with Gasteiger partial charge in [-0.3, -0.25) is 4.79 Å². The summed E-state index contributed by atoms with van der Waals surface area (Å²) >= 11 is 11.9. The van der Waals surface area contributed by atoms with Crippen LogP contribution in [0.15, 0.2) is 51.7 Å². The SMILES string of the molecule is O=C(Cn1nc(-c2ccc(F)cc2)oc1=O)OCCOc1c(Cl)cccc1Cl. The first-order valence-electron chi connectivity index (χ1n) is 8.00. The fourth-order valence-electron chi connectivity index (χ4n) is 2.20. The lowest BCUT2D eigenvalue weighted by Gasteiger charge is -2.09. The van der Waals surface area contributed by atoms with E-state index in [2.05, 4.69) is 5.10 Å². The highest BCUT2D eigenvalue weighted by Gasteiger charge is 2.14. The normalized spacial score (nSPS) is 10.7. The number of ether oxygens (including phenoxy) is 2. The molecule has 0 fully saturated rings. The Bertz CT molecular complexity index is 1010. The van der Waals surface area contributed by atoms with Crippen molar-refractivity contribution in [2.45, 2.75) is 6.54 Å². The van der Waals surface area contributed by atoms with Gasteiger partial charge in [-0.15, -0.1) is 5.10 Å². The molecular formula is C18H13Cl2FN2O5. The predicted octanol–water partition coefficient (Wildman–Crippen LogP) is 3.57. The average molecular weight is 427 g/mol. The second-order valence-electron chi connectivity index (χ2n) is 5.46. The molecule has 0 unspecified atom stereocenters. The van der Waals surface area contributed by atoms with Crippen molar-refractivity contribution in [3.8, 4) is 17.2 Å². The topological polar surface area (TPSA) is 83.6 Å². The van der Waals surface area contributed by atoms with E-state index in [4.69, 9.17) is 37.1 Å².